The number of hydrogen-bond donors (Lipinski definition) is 3. The maximum Gasteiger partial charge on any atom is 0.333 e. The van der Waals surface area contributed by atoms with E-state index in [0.29, 0.717) is 5.56 Å². The van der Waals surface area contributed by atoms with E-state index in [4.69, 9.17) is 4.74 Å². The van der Waals surface area contributed by atoms with E-state index in [-0.39, 0.29) is 11.6 Å². The van der Waals surface area contributed by atoms with Crippen LogP contribution in [0.1, 0.15) is 12.5 Å². The standard InChI is InChI=1S/C14H15N3O4/c1-14(13(19)20,9-6-4-3-5-7-9)17-11-10(21-2)12(18)16-8-15-11/h3-8H,1-2H3,(H,19,20)(H2,15,16,17,18). The molecule has 1 aromatic heterocycles. The van der Waals surface area contributed by atoms with Crippen LogP contribution in [0.4, 0.5) is 5.82 Å². The Labute approximate surface area is 120 Å². The highest BCUT2D eigenvalue weighted by molar-refractivity contribution is 5.84. The first-order valence-corrected chi connectivity index (χ1v) is 6.18. The van der Waals surface area contributed by atoms with Gasteiger partial charge in [-0.15, -0.1) is 0 Å². The monoisotopic (exact) mass is 289 g/mol. The predicted molar refractivity (Wildman–Crippen MR) is 76.5 cm³/mol. The minimum atomic E-state index is -1.45. The van der Waals surface area contributed by atoms with Crippen LogP contribution in [0.3, 0.4) is 0 Å². The van der Waals surface area contributed by atoms with Gasteiger partial charge in [0.05, 0.1) is 13.4 Å². The van der Waals surface area contributed by atoms with Crippen LogP contribution in [0, 0.1) is 0 Å². The Balaban J connectivity index is 2.50. The summed E-state index contributed by atoms with van der Waals surface area (Å²) in [6, 6.07) is 8.63. The molecule has 0 aliphatic carbocycles. The number of carbonyl (C=O) groups is 1. The minimum Gasteiger partial charge on any atom is -0.489 e. The summed E-state index contributed by atoms with van der Waals surface area (Å²) in [5.74, 6) is -1.10. The van der Waals surface area contributed by atoms with Crippen LogP contribution in [0.25, 0.3) is 0 Å². The summed E-state index contributed by atoms with van der Waals surface area (Å²) in [4.78, 5) is 29.7. The quantitative estimate of drug-likeness (QED) is 0.763. The second kappa shape index (κ2) is 5.66. The molecule has 0 radical (unpaired) electrons. The van der Waals surface area contributed by atoms with Crippen molar-refractivity contribution >= 4 is 11.8 Å². The van der Waals surface area contributed by atoms with E-state index < -0.39 is 17.1 Å². The zero-order valence-corrected chi connectivity index (χ0v) is 11.6. The second-order valence-electron chi connectivity index (χ2n) is 4.53. The molecular weight excluding hydrogens is 274 g/mol. The molecule has 21 heavy (non-hydrogen) atoms. The number of H-pyrrole nitrogens is 1. The third kappa shape index (κ3) is 2.71. The molecule has 1 heterocycles. The third-order valence-corrected chi connectivity index (χ3v) is 3.16. The normalized spacial score (nSPS) is 13.2. The molecule has 2 aromatic rings. The van der Waals surface area contributed by atoms with Crippen LogP contribution >= 0.6 is 0 Å². The van der Waals surface area contributed by atoms with Gasteiger partial charge < -0.3 is 20.1 Å². The van der Waals surface area contributed by atoms with Crippen LogP contribution in [-0.2, 0) is 10.3 Å². The van der Waals surface area contributed by atoms with Gasteiger partial charge >= 0.3 is 5.97 Å². The molecule has 3 N–H and O–H groups in total. The highest BCUT2D eigenvalue weighted by Gasteiger charge is 2.36. The molecule has 7 nitrogen and oxygen atoms in total. The van der Waals surface area contributed by atoms with Gasteiger partial charge in [0.25, 0.3) is 5.56 Å². The van der Waals surface area contributed by atoms with Gasteiger partial charge in [0.1, 0.15) is 0 Å². The summed E-state index contributed by atoms with van der Waals surface area (Å²) in [7, 11) is 1.32. The SMILES string of the molecule is COc1c(NC(C)(C(=O)O)c2ccccc2)nc[nH]c1=O. The number of methoxy groups -OCH3 is 1. The average molecular weight is 289 g/mol. The van der Waals surface area contributed by atoms with E-state index in [2.05, 4.69) is 15.3 Å². The number of carboxylic acid groups (broad SMARTS) is 1. The molecule has 1 atom stereocenters. The number of ether oxygens (including phenoxy) is 1. The van der Waals surface area contributed by atoms with Crippen molar-refractivity contribution in [2.75, 3.05) is 12.4 Å². The zero-order valence-electron chi connectivity index (χ0n) is 11.6. The van der Waals surface area contributed by atoms with Crippen molar-refractivity contribution in [3.8, 4) is 5.75 Å². The lowest BCUT2D eigenvalue weighted by Crippen LogP contribution is -2.41. The number of nitrogens with one attached hydrogen (secondary N) is 2. The lowest BCUT2D eigenvalue weighted by atomic mass is 9.92. The first kappa shape index (κ1) is 14.6. The number of aromatic amines is 1. The van der Waals surface area contributed by atoms with Gasteiger partial charge in [-0.05, 0) is 12.5 Å². The smallest absolute Gasteiger partial charge is 0.333 e. The molecule has 0 saturated heterocycles. The van der Waals surface area contributed by atoms with Crippen molar-refractivity contribution in [3.63, 3.8) is 0 Å². The van der Waals surface area contributed by atoms with Crippen molar-refractivity contribution < 1.29 is 14.6 Å². The van der Waals surface area contributed by atoms with E-state index in [1.807, 2.05) is 0 Å². The molecular formula is C14H15N3O4. The molecule has 1 unspecified atom stereocenters. The zero-order chi connectivity index (χ0) is 15.5. The van der Waals surface area contributed by atoms with Gasteiger partial charge in [-0.2, -0.15) is 0 Å². The number of aromatic nitrogens is 2. The number of benzene rings is 1. The van der Waals surface area contributed by atoms with Gasteiger partial charge in [0, 0.05) is 0 Å². The Morgan fingerprint density at radius 3 is 2.62 bits per heavy atom. The lowest BCUT2D eigenvalue weighted by molar-refractivity contribution is -0.142. The maximum atomic E-state index is 11.7. The average Bonchev–Trinajstić information content (AvgIpc) is 2.48. The summed E-state index contributed by atoms with van der Waals surface area (Å²) in [6.45, 7) is 1.49. The maximum absolute atomic E-state index is 11.7. The Morgan fingerprint density at radius 1 is 1.38 bits per heavy atom. The Bertz CT molecular complexity index is 699. The van der Waals surface area contributed by atoms with Crippen molar-refractivity contribution in [1.82, 2.24) is 9.97 Å². The first-order valence-electron chi connectivity index (χ1n) is 6.18. The highest BCUT2D eigenvalue weighted by Crippen LogP contribution is 2.28. The fraction of sp³-hybridized carbons (Fsp3) is 0.214. The summed E-state index contributed by atoms with van der Waals surface area (Å²) >= 11 is 0. The number of nitrogens with zero attached hydrogens (tertiary/aromatic N) is 1. The molecule has 0 aliphatic heterocycles. The fourth-order valence-corrected chi connectivity index (χ4v) is 1.92. The van der Waals surface area contributed by atoms with Crippen LogP contribution in [0.15, 0.2) is 41.5 Å². The highest BCUT2D eigenvalue weighted by atomic mass is 16.5. The van der Waals surface area contributed by atoms with Crippen molar-refractivity contribution in [1.29, 1.82) is 0 Å². The van der Waals surface area contributed by atoms with Crippen molar-refractivity contribution in [2.45, 2.75) is 12.5 Å². The molecule has 7 heteroatoms. The number of carboxylic acids is 1. The number of aliphatic carboxylic acids is 1. The topological polar surface area (TPSA) is 104 Å². The van der Waals surface area contributed by atoms with E-state index in [1.165, 1.54) is 20.4 Å². The van der Waals surface area contributed by atoms with Crippen molar-refractivity contribution in [2.24, 2.45) is 0 Å². The van der Waals surface area contributed by atoms with E-state index in [1.54, 1.807) is 30.3 Å². The van der Waals surface area contributed by atoms with Crippen LogP contribution in [0.5, 0.6) is 5.75 Å². The van der Waals surface area contributed by atoms with Gasteiger partial charge in [-0.3, -0.25) is 4.79 Å². The van der Waals surface area contributed by atoms with Gasteiger partial charge in [0.15, 0.2) is 11.4 Å². The van der Waals surface area contributed by atoms with Gasteiger partial charge in [0.2, 0.25) is 5.75 Å². The predicted octanol–water partition coefficient (Wildman–Crippen LogP) is 1.19. The van der Waals surface area contributed by atoms with E-state index in [9.17, 15) is 14.7 Å². The van der Waals surface area contributed by atoms with E-state index in [0.717, 1.165) is 0 Å². The Kier molecular flexibility index (Phi) is 3.93. The molecule has 0 aliphatic rings. The molecule has 0 bridgehead atoms. The van der Waals surface area contributed by atoms with Crippen molar-refractivity contribution in [3.05, 3.63) is 52.6 Å². The van der Waals surface area contributed by atoms with Gasteiger partial charge in [-0.25, -0.2) is 9.78 Å². The summed E-state index contributed by atoms with van der Waals surface area (Å²) in [5.41, 5.74) is -1.41. The van der Waals surface area contributed by atoms with E-state index >= 15 is 0 Å². The molecule has 2 rings (SSSR count). The summed E-state index contributed by atoms with van der Waals surface area (Å²) < 4.78 is 4.98. The molecule has 0 amide bonds. The lowest BCUT2D eigenvalue weighted by Gasteiger charge is -2.27. The van der Waals surface area contributed by atoms with Gasteiger partial charge in [-0.1, -0.05) is 30.3 Å². The molecule has 0 fully saturated rings. The number of rotatable bonds is 5. The molecule has 110 valence electrons. The third-order valence-electron chi connectivity index (χ3n) is 3.16. The van der Waals surface area contributed by atoms with Crippen LogP contribution in [-0.4, -0.2) is 28.2 Å². The Morgan fingerprint density at radius 2 is 2.05 bits per heavy atom. The fourth-order valence-electron chi connectivity index (χ4n) is 1.92. The molecule has 1 aromatic carbocycles. The molecule has 0 saturated carbocycles. The second-order valence-corrected chi connectivity index (χ2v) is 4.53. The Hall–Kier alpha value is -2.83. The van der Waals surface area contributed by atoms with Crippen LogP contribution in [0.2, 0.25) is 0 Å². The number of hydrogen-bond acceptors (Lipinski definition) is 5. The van der Waals surface area contributed by atoms with Crippen LogP contribution < -0.4 is 15.6 Å². The summed E-state index contributed by atoms with van der Waals surface area (Å²) in [6.07, 6.45) is 1.18. The minimum absolute atomic E-state index is 0.0648. The first-order chi connectivity index (χ1) is 9.99. The largest absolute Gasteiger partial charge is 0.489 e. The summed E-state index contributed by atoms with van der Waals surface area (Å²) in [5, 5.41) is 12.3. The molecule has 0 spiro atoms. The number of anilines is 1.